The second-order valence-electron chi connectivity index (χ2n) is 4.69. The van der Waals surface area contributed by atoms with E-state index in [9.17, 15) is 4.79 Å². The van der Waals surface area contributed by atoms with E-state index in [1.807, 2.05) is 20.9 Å². The van der Waals surface area contributed by atoms with E-state index >= 15 is 0 Å². The molecule has 0 spiro atoms. The van der Waals surface area contributed by atoms with Crippen LogP contribution in [0.4, 0.5) is 5.69 Å². The fourth-order valence-corrected chi connectivity index (χ4v) is 2.33. The first-order valence-electron chi connectivity index (χ1n) is 6.21. The summed E-state index contributed by atoms with van der Waals surface area (Å²) in [7, 11) is 1.84. The summed E-state index contributed by atoms with van der Waals surface area (Å²) in [6.45, 7) is 3.77. The average molecular weight is 293 g/mol. The Bertz CT molecular complexity index is 633. The molecule has 1 atom stereocenters. The van der Waals surface area contributed by atoms with Crippen LogP contribution in [-0.2, 0) is 11.8 Å². The Labute approximate surface area is 122 Å². The van der Waals surface area contributed by atoms with E-state index in [-0.39, 0.29) is 0 Å². The van der Waals surface area contributed by atoms with Crippen molar-refractivity contribution < 1.29 is 4.79 Å². The standard InChI is InChI=1S/C14H17ClN4O/c1-8-12(9(2)19(3)18-8)13(14(16)20)17-11-6-4-10(15)5-7-11/h4-7,13,17H,1-3H3,(H2,16,20). The molecule has 106 valence electrons. The van der Waals surface area contributed by atoms with Crippen LogP contribution >= 0.6 is 11.6 Å². The normalized spacial score (nSPS) is 12.2. The van der Waals surface area contributed by atoms with Gasteiger partial charge in [0.25, 0.3) is 0 Å². The highest BCUT2D eigenvalue weighted by Gasteiger charge is 2.24. The van der Waals surface area contributed by atoms with Gasteiger partial charge in [-0.05, 0) is 38.1 Å². The third-order valence-electron chi connectivity index (χ3n) is 3.29. The first-order chi connectivity index (χ1) is 9.40. The maximum absolute atomic E-state index is 11.8. The lowest BCUT2D eigenvalue weighted by Crippen LogP contribution is -2.28. The lowest BCUT2D eigenvalue weighted by molar-refractivity contribution is -0.118. The van der Waals surface area contributed by atoms with Crippen molar-refractivity contribution in [1.29, 1.82) is 0 Å². The van der Waals surface area contributed by atoms with E-state index < -0.39 is 11.9 Å². The van der Waals surface area contributed by atoms with Crippen molar-refractivity contribution in [2.75, 3.05) is 5.32 Å². The number of benzene rings is 1. The lowest BCUT2D eigenvalue weighted by Gasteiger charge is -2.17. The van der Waals surface area contributed by atoms with Crippen molar-refractivity contribution in [3.63, 3.8) is 0 Å². The number of carbonyl (C=O) groups excluding carboxylic acids is 1. The van der Waals surface area contributed by atoms with E-state index in [4.69, 9.17) is 17.3 Å². The zero-order chi connectivity index (χ0) is 14.9. The van der Waals surface area contributed by atoms with Crippen LogP contribution < -0.4 is 11.1 Å². The molecular weight excluding hydrogens is 276 g/mol. The Kier molecular flexibility index (Phi) is 3.99. The number of halogens is 1. The minimum atomic E-state index is -0.620. The Morgan fingerprint density at radius 3 is 2.40 bits per heavy atom. The number of nitrogens with zero attached hydrogens (tertiary/aromatic N) is 2. The molecule has 5 nitrogen and oxygen atoms in total. The van der Waals surface area contributed by atoms with Crippen molar-refractivity contribution in [3.05, 3.63) is 46.2 Å². The molecular formula is C14H17ClN4O. The second kappa shape index (κ2) is 5.54. The van der Waals surface area contributed by atoms with Crippen LogP contribution in [0.2, 0.25) is 5.02 Å². The Balaban J connectivity index is 2.37. The van der Waals surface area contributed by atoms with Crippen LogP contribution in [0.1, 0.15) is 23.0 Å². The van der Waals surface area contributed by atoms with Gasteiger partial charge in [0, 0.05) is 29.0 Å². The molecule has 1 aromatic carbocycles. The van der Waals surface area contributed by atoms with E-state index in [2.05, 4.69) is 10.4 Å². The predicted octanol–water partition coefficient (Wildman–Crippen LogP) is 2.33. The van der Waals surface area contributed by atoms with Gasteiger partial charge >= 0.3 is 0 Å². The number of rotatable bonds is 4. The molecule has 0 saturated carbocycles. The molecule has 2 aromatic rings. The highest BCUT2D eigenvalue weighted by molar-refractivity contribution is 6.30. The summed E-state index contributed by atoms with van der Waals surface area (Å²) < 4.78 is 1.74. The molecule has 0 aliphatic heterocycles. The van der Waals surface area contributed by atoms with E-state index in [1.54, 1.807) is 28.9 Å². The third kappa shape index (κ3) is 2.77. The first-order valence-corrected chi connectivity index (χ1v) is 6.59. The zero-order valence-corrected chi connectivity index (χ0v) is 12.4. The van der Waals surface area contributed by atoms with Gasteiger partial charge in [-0.2, -0.15) is 5.10 Å². The molecule has 1 heterocycles. The van der Waals surface area contributed by atoms with Gasteiger partial charge in [-0.15, -0.1) is 0 Å². The van der Waals surface area contributed by atoms with Gasteiger partial charge in [0.15, 0.2) is 0 Å². The molecule has 1 unspecified atom stereocenters. The average Bonchev–Trinajstić information content (AvgIpc) is 2.63. The molecule has 6 heteroatoms. The summed E-state index contributed by atoms with van der Waals surface area (Å²) in [5, 5.41) is 8.09. The summed E-state index contributed by atoms with van der Waals surface area (Å²) in [5.41, 5.74) is 8.82. The van der Waals surface area contributed by atoms with Crippen molar-refractivity contribution >= 4 is 23.2 Å². The van der Waals surface area contributed by atoms with E-state index in [0.717, 1.165) is 22.6 Å². The molecule has 0 saturated heterocycles. The van der Waals surface area contributed by atoms with Crippen molar-refractivity contribution in [1.82, 2.24) is 9.78 Å². The predicted molar refractivity (Wildman–Crippen MR) is 79.7 cm³/mol. The minimum Gasteiger partial charge on any atom is -0.370 e. The summed E-state index contributed by atoms with van der Waals surface area (Å²) in [6, 6.07) is 6.50. The van der Waals surface area contributed by atoms with E-state index in [0.29, 0.717) is 5.02 Å². The van der Waals surface area contributed by atoms with Gasteiger partial charge < -0.3 is 11.1 Å². The van der Waals surface area contributed by atoms with Crippen molar-refractivity contribution in [3.8, 4) is 0 Å². The van der Waals surface area contributed by atoms with Crippen molar-refractivity contribution in [2.45, 2.75) is 19.9 Å². The van der Waals surface area contributed by atoms with Gasteiger partial charge in [0.2, 0.25) is 5.91 Å². The maximum Gasteiger partial charge on any atom is 0.244 e. The van der Waals surface area contributed by atoms with Gasteiger partial charge in [-0.1, -0.05) is 11.6 Å². The Hall–Kier alpha value is -2.01. The van der Waals surface area contributed by atoms with Crippen LogP contribution in [-0.4, -0.2) is 15.7 Å². The number of hydrogen-bond acceptors (Lipinski definition) is 3. The number of nitrogens with two attached hydrogens (primary N) is 1. The topological polar surface area (TPSA) is 72.9 Å². The molecule has 3 N–H and O–H groups in total. The van der Waals surface area contributed by atoms with Crippen LogP contribution in [0.25, 0.3) is 0 Å². The van der Waals surface area contributed by atoms with Crippen LogP contribution in [0.5, 0.6) is 0 Å². The first kappa shape index (κ1) is 14.4. The molecule has 2 rings (SSSR count). The third-order valence-corrected chi connectivity index (χ3v) is 3.55. The number of amides is 1. The highest BCUT2D eigenvalue weighted by atomic mass is 35.5. The molecule has 0 aliphatic rings. The van der Waals surface area contributed by atoms with Crippen molar-refractivity contribution in [2.24, 2.45) is 12.8 Å². The summed E-state index contributed by atoms with van der Waals surface area (Å²) in [5.74, 6) is -0.445. The molecule has 0 fully saturated rings. The SMILES string of the molecule is Cc1nn(C)c(C)c1C(Nc1ccc(Cl)cc1)C(N)=O. The number of primary amides is 1. The maximum atomic E-state index is 11.8. The molecule has 0 aliphatic carbocycles. The van der Waals surface area contributed by atoms with Crippen LogP contribution in [0.3, 0.4) is 0 Å². The number of aromatic nitrogens is 2. The summed E-state index contributed by atoms with van der Waals surface area (Å²) in [4.78, 5) is 11.8. The number of hydrogen-bond donors (Lipinski definition) is 2. The molecule has 20 heavy (non-hydrogen) atoms. The van der Waals surface area contributed by atoms with Gasteiger partial charge in [-0.25, -0.2) is 0 Å². The van der Waals surface area contributed by atoms with Crippen LogP contribution in [0.15, 0.2) is 24.3 Å². The van der Waals surface area contributed by atoms with Crippen LogP contribution in [0, 0.1) is 13.8 Å². The zero-order valence-electron chi connectivity index (χ0n) is 11.6. The van der Waals surface area contributed by atoms with Gasteiger partial charge in [0.1, 0.15) is 6.04 Å². The Morgan fingerprint density at radius 2 is 1.95 bits per heavy atom. The number of nitrogens with one attached hydrogen (secondary N) is 1. The minimum absolute atomic E-state index is 0.445. The lowest BCUT2D eigenvalue weighted by atomic mass is 10.0. The Morgan fingerprint density at radius 1 is 1.35 bits per heavy atom. The molecule has 1 aromatic heterocycles. The molecule has 0 bridgehead atoms. The number of carbonyl (C=O) groups is 1. The smallest absolute Gasteiger partial charge is 0.244 e. The number of anilines is 1. The second-order valence-corrected chi connectivity index (χ2v) is 5.13. The van der Waals surface area contributed by atoms with Gasteiger partial charge in [-0.3, -0.25) is 9.48 Å². The molecule has 1 amide bonds. The van der Waals surface area contributed by atoms with Gasteiger partial charge in [0.05, 0.1) is 5.69 Å². The summed E-state index contributed by atoms with van der Waals surface area (Å²) in [6.07, 6.45) is 0. The monoisotopic (exact) mass is 292 g/mol. The number of aryl methyl sites for hydroxylation is 2. The highest BCUT2D eigenvalue weighted by Crippen LogP contribution is 2.25. The fourth-order valence-electron chi connectivity index (χ4n) is 2.21. The fraction of sp³-hybridized carbons (Fsp3) is 0.286. The van der Waals surface area contributed by atoms with E-state index in [1.165, 1.54) is 0 Å². The largest absolute Gasteiger partial charge is 0.370 e. The quantitative estimate of drug-likeness (QED) is 0.908. The molecule has 0 radical (unpaired) electrons. The summed E-state index contributed by atoms with van der Waals surface area (Å²) >= 11 is 5.85.